The zero-order valence-electron chi connectivity index (χ0n) is 26.4. The Morgan fingerprint density at radius 3 is 2.33 bits per heavy atom. The summed E-state index contributed by atoms with van der Waals surface area (Å²) < 4.78 is 23.3. The first-order valence-electron chi connectivity index (χ1n) is 15.4. The molecular weight excluding hydrogens is 576 g/mol. The fourth-order valence-electron chi connectivity index (χ4n) is 6.19. The van der Waals surface area contributed by atoms with Crippen LogP contribution in [0.1, 0.15) is 48.0 Å². The molecule has 3 aliphatic rings. The van der Waals surface area contributed by atoms with Gasteiger partial charge in [0, 0.05) is 37.5 Å². The quantitative estimate of drug-likeness (QED) is 0.122. The molecule has 2 aromatic rings. The fraction of sp³-hybridized carbons (Fsp3) is 0.471. The van der Waals surface area contributed by atoms with Crippen molar-refractivity contribution in [3.63, 3.8) is 0 Å². The number of carbonyl (C=O) groups is 2. The third kappa shape index (κ3) is 7.14. The van der Waals surface area contributed by atoms with Crippen molar-refractivity contribution >= 4 is 23.7 Å². The molecule has 11 nitrogen and oxygen atoms in total. The Morgan fingerprint density at radius 1 is 0.978 bits per heavy atom. The zero-order chi connectivity index (χ0) is 32.1. The van der Waals surface area contributed by atoms with Crippen LogP contribution in [0.2, 0.25) is 0 Å². The van der Waals surface area contributed by atoms with Gasteiger partial charge in [0.05, 0.1) is 50.8 Å². The molecule has 2 saturated heterocycles. The third-order valence-corrected chi connectivity index (χ3v) is 8.63. The van der Waals surface area contributed by atoms with E-state index in [0.717, 1.165) is 54.5 Å². The molecule has 0 saturated carbocycles. The second-order valence-corrected chi connectivity index (χ2v) is 11.9. The van der Waals surface area contributed by atoms with E-state index in [4.69, 9.17) is 18.9 Å². The number of nitrogens with zero attached hydrogens (tertiary/aromatic N) is 2. The van der Waals surface area contributed by atoms with Gasteiger partial charge in [0.2, 0.25) is 6.41 Å². The summed E-state index contributed by atoms with van der Waals surface area (Å²) in [5.74, 6) is 2.29. The summed E-state index contributed by atoms with van der Waals surface area (Å²) in [5.41, 5.74) is 4.90. The van der Waals surface area contributed by atoms with Gasteiger partial charge in [-0.25, -0.2) is 0 Å². The van der Waals surface area contributed by atoms with E-state index in [1.165, 1.54) is 0 Å². The number of aliphatic hydroxyl groups is 1. The van der Waals surface area contributed by atoms with Gasteiger partial charge >= 0.3 is 0 Å². The predicted molar refractivity (Wildman–Crippen MR) is 173 cm³/mol. The Morgan fingerprint density at radius 2 is 1.64 bits per heavy atom. The molecule has 45 heavy (non-hydrogen) atoms. The standard InChI is InChI=1S/C34H44N4O7/c1-21-11-24-17-35-27-16-32(30(43-5)14-25(27)34(41)38(24)19-21)45-10-8-6-7-9-44-31-15-26(23(3)13-29(31)42-4)36-33(40)28-12-22(2)18-37(28)20-39/h13-16,20,24,28,33,35-36,40H,1-2,6-12,17-19H2,3-5H3. The molecule has 242 valence electrons. The number of ether oxygens (including phenoxy) is 4. The van der Waals surface area contributed by atoms with Crippen molar-refractivity contribution in [2.75, 3.05) is 57.7 Å². The van der Waals surface area contributed by atoms with E-state index in [9.17, 15) is 14.7 Å². The summed E-state index contributed by atoms with van der Waals surface area (Å²) in [7, 11) is 3.17. The van der Waals surface area contributed by atoms with Gasteiger partial charge in [-0.05, 0) is 56.7 Å². The average Bonchev–Trinajstić information content (AvgIpc) is 3.58. The van der Waals surface area contributed by atoms with Crippen LogP contribution in [0.25, 0.3) is 0 Å². The lowest BCUT2D eigenvalue weighted by molar-refractivity contribution is -0.120. The molecule has 0 aliphatic carbocycles. The molecular formula is C34H44N4O7. The Hall–Kier alpha value is -4.38. The molecule has 2 amide bonds. The van der Waals surface area contributed by atoms with Crippen molar-refractivity contribution in [3.05, 3.63) is 59.7 Å². The molecule has 3 heterocycles. The maximum absolute atomic E-state index is 13.2. The van der Waals surface area contributed by atoms with Crippen molar-refractivity contribution in [1.29, 1.82) is 0 Å². The Kier molecular flexibility index (Phi) is 10.1. The number of likely N-dealkylation sites (tertiary alicyclic amines) is 1. The molecule has 0 spiro atoms. The number of methoxy groups -OCH3 is 2. The number of hydrogen-bond donors (Lipinski definition) is 3. The van der Waals surface area contributed by atoms with Crippen LogP contribution in [0.4, 0.5) is 11.4 Å². The maximum atomic E-state index is 13.2. The summed E-state index contributed by atoms with van der Waals surface area (Å²) in [6.07, 6.45) is 3.62. The second-order valence-electron chi connectivity index (χ2n) is 11.9. The lowest BCUT2D eigenvalue weighted by atomic mass is 10.1. The van der Waals surface area contributed by atoms with E-state index in [0.29, 0.717) is 73.5 Å². The minimum atomic E-state index is -0.957. The Balaban J connectivity index is 1.11. The lowest BCUT2D eigenvalue weighted by Gasteiger charge is -2.27. The minimum Gasteiger partial charge on any atom is -0.493 e. The number of benzene rings is 2. The van der Waals surface area contributed by atoms with Crippen molar-refractivity contribution < 1.29 is 33.6 Å². The molecule has 2 aromatic carbocycles. The van der Waals surface area contributed by atoms with E-state index in [2.05, 4.69) is 23.8 Å². The molecule has 3 N–H and O–H groups in total. The first-order chi connectivity index (χ1) is 21.7. The number of aryl methyl sites for hydroxylation is 1. The van der Waals surface area contributed by atoms with Gasteiger partial charge in [-0.2, -0.15) is 0 Å². The van der Waals surface area contributed by atoms with Crippen LogP contribution in [-0.4, -0.2) is 92.6 Å². The Labute approximate surface area is 264 Å². The molecule has 11 heteroatoms. The topological polar surface area (TPSA) is 122 Å². The van der Waals surface area contributed by atoms with Crippen molar-refractivity contribution in [2.24, 2.45) is 0 Å². The highest BCUT2D eigenvalue weighted by Crippen LogP contribution is 2.38. The summed E-state index contributed by atoms with van der Waals surface area (Å²) in [6, 6.07) is 7.02. The largest absolute Gasteiger partial charge is 0.493 e. The molecule has 0 aromatic heterocycles. The monoisotopic (exact) mass is 620 g/mol. The average molecular weight is 621 g/mol. The van der Waals surface area contributed by atoms with Crippen LogP contribution >= 0.6 is 0 Å². The first-order valence-corrected chi connectivity index (χ1v) is 15.4. The molecule has 3 atom stereocenters. The van der Waals surface area contributed by atoms with Gasteiger partial charge in [0.1, 0.15) is 6.23 Å². The molecule has 0 radical (unpaired) electrons. The first kappa shape index (κ1) is 32.0. The Bertz CT molecular complexity index is 1440. The van der Waals surface area contributed by atoms with Gasteiger partial charge in [0.25, 0.3) is 5.91 Å². The van der Waals surface area contributed by atoms with Crippen molar-refractivity contribution in [1.82, 2.24) is 9.80 Å². The van der Waals surface area contributed by atoms with E-state index in [1.54, 1.807) is 25.2 Å². The fourth-order valence-corrected chi connectivity index (χ4v) is 6.19. The second kappa shape index (κ2) is 14.2. The number of anilines is 2. The van der Waals surface area contributed by atoms with Gasteiger partial charge < -0.3 is 44.5 Å². The SMILES string of the molecule is C=C1CC(C(O)Nc2cc(OCCCCCOc3cc4c(cc3OC)C(=O)N3CC(=C)CC3CN4)c(OC)cc2C)N(C=O)C1. The van der Waals surface area contributed by atoms with E-state index in [1.807, 2.05) is 30.0 Å². The predicted octanol–water partition coefficient (Wildman–Crippen LogP) is 4.35. The van der Waals surface area contributed by atoms with Crippen LogP contribution < -0.4 is 29.6 Å². The smallest absolute Gasteiger partial charge is 0.256 e. The summed E-state index contributed by atoms with van der Waals surface area (Å²) in [5, 5.41) is 17.4. The van der Waals surface area contributed by atoms with E-state index in [-0.39, 0.29) is 18.0 Å². The van der Waals surface area contributed by atoms with E-state index < -0.39 is 6.23 Å². The lowest BCUT2D eigenvalue weighted by Crippen LogP contribution is -2.42. The number of fused-ring (bicyclic) bond motifs is 2. The summed E-state index contributed by atoms with van der Waals surface area (Å²) in [6.45, 7) is 12.6. The van der Waals surface area contributed by atoms with Gasteiger partial charge in [0.15, 0.2) is 23.0 Å². The molecule has 2 fully saturated rings. The molecule has 3 aliphatic heterocycles. The van der Waals surface area contributed by atoms with Crippen LogP contribution in [0.5, 0.6) is 23.0 Å². The minimum absolute atomic E-state index is 0.0163. The van der Waals surface area contributed by atoms with Crippen LogP contribution in [0, 0.1) is 6.92 Å². The third-order valence-electron chi connectivity index (χ3n) is 8.63. The number of amides is 2. The van der Waals surface area contributed by atoms with Crippen LogP contribution in [0.15, 0.2) is 48.6 Å². The van der Waals surface area contributed by atoms with Gasteiger partial charge in [-0.15, -0.1) is 0 Å². The van der Waals surface area contributed by atoms with Crippen LogP contribution in [-0.2, 0) is 4.79 Å². The van der Waals surface area contributed by atoms with Crippen molar-refractivity contribution in [2.45, 2.75) is 57.3 Å². The maximum Gasteiger partial charge on any atom is 0.256 e. The van der Waals surface area contributed by atoms with Crippen molar-refractivity contribution in [3.8, 4) is 23.0 Å². The molecule has 3 unspecified atom stereocenters. The number of hydrogen-bond acceptors (Lipinski definition) is 9. The highest BCUT2D eigenvalue weighted by atomic mass is 16.5. The summed E-state index contributed by atoms with van der Waals surface area (Å²) in [4.78, 5) is 28.1. The number of aliphatic hydroxyl groups excluding tert-OH is 1. The number of nitrogens with one attached hydrogen (secondary N) is 2. The normalized spacial score (nSPS) is 19.8. The highest BCUT2D eigenvalue weighted by molar-refractivity contribution is 6.01. The number of unbranched alkanes of at least 4 members (excludes halogenated alkanes) is 2. The number of carbonyl (C=O) groups excluding carboxylic acids is 2. The highest BCUT2D eigenvalue weighted by Gasteiger charge is 2.36. The summed E-state index contributed by atoms with van der Waals surface area (Å²) >= 11 is 0. The van der Waals surface area contributed by atoms with E-state index >= 15 is 0 Å². The molecule has 5 rings (SSSR count). The van der Waals surface area contributed by atoms with Gasteiger partial charge in [-0.3, -0.25) is 9.59 Å². The zero-order valence-corrected chi connectivity index (χ0v) is 26.4. The van der Waals surface area contributed by atoms with Crippen LogP contribution in [0.3, 0.4) is 0 Å². The molecule has 0 bridgehead atoms. The number of rotatable bonds is 14. The van der Waals surface area contributed by atoms with Gasteiger partial charge in [-0.1, -0.05) is 24.3 Å².